The molecule has 0 saturated carbocycles. The zero-order valence-electron chi connectivity index (χ0n) is 12.9. The fourth-order valence-corrected chi connectivity index (χ4v) is 2.94. The van der Waals surface area contributed by atoms with E-state index in [1.807, 2.05) is 0 Å². The third kappa shape index (κ3) is 4.77. The molecule has 3 heterocycles. The Hall–Kier alpha value is -1.97. The summed E-state index contributed by atoms with van der Waals surface area (Å²) in [4.78, 5) is 1.26. The zero-order chi connectivity index (χ0) is 18.7. The number of alkyl halides is 3. The lowest BCUT2D eigenvalue weighted by atomic mass is 9.98. The standard InChI is InChI=1S/C15H14NS.CHF3O3S/c1-12(15-8-5-11-17-15)13-6-4-10-16-9-3-2-7-14(13)16;2-1(3,4)8(5,6)7/h2-3,5-9,11H,1,4,10H2;(H,5,6,7)/q+1;/p-1. The van der Waals surface area contributed by atoms with Gasteiger partial charge in [0, 0.05) is 23.4 Å². The van der Waals surface area contributed by atoms with Gasteiger partial charge in [0.2, 0.25) is 5.69 Å². The van der Waals surface area contributed by atoms with Crippen LogP contribution in [0.3, 0.4) is 0 Å². The van der Waals surface area contributed by atoms with Crippen LogP contribution in [0.2, 0.25) is 0 Å². The minimum absolute atomic E-state index is 1.07. The molecule has 0 unspecified atom stereocenters. The summed E-state index contributed by atoms with van der Waals surface area (Å²) in [5, 5.41) is 2.10. The summed E-state index contributed by atoms with van der Waals surface area (Å²) in [6.45, 7) is 5.32. The van der Waals surface area contributed by atoms with E-state index in [9.17, 15) is 13.2 Å². The first-order valence-corrected chi connectivity index (χ1v) is 9.34. The van der Waals surface area contributed by atoms with Crippen LogP contribution in [0, 0.1) is 0 Å². The molecule has 0 radical (unpaired) electrons. The van der Waals surface area contributed by atoms with Gasteiger partial charge in [-0.2, -0.15) is 17.7 Å². The number of hydrogen-bond acceptors (Lipinski definition) is 4. The second-order valence-corrected chi connectivity index (χ2v) is 7.36. The van der Waals surface area contributed by atoms with Gasteiger partial charge in [0.1, 0.15) is 0 Å². The second-order valence-electron chi connectivity index (χ2n) is 5.04. The molecule has 0 aliphatic carbocycles. The molecule has 4 nitrogen and oxygen atoms in total. The quantitative estimate of drug-likeness (QED) is 0.448. The van der Waals surface area contributed by atoms with Crippen LogP contribution in [0.15, 0.2) is 54.6 Å². The van der Waals surface area contributed by atoms with Crippen molar-refractivity contribution in [2.75, 3.05) is 0 Å². The zero-order valence-corrected chi connectivity index (χ0v) is 14.5. The Morgan fingerprint density at radius 1 is 1.24 bits per heavy atom. The predicted octanol–water partition coefficient (Wildman–Crippen LogP) is 3.59. The van der Waals surface area contributed by atoms with Gasteiger partial charge in [0.25, 0.3) is 0 Å². The van der Waals surface area contributed by atoms with Gasteiger partial charge in [0.05, 0.1) is 5.57 Å². The van der Waals surface area contributed by atoms with Crippen LogP contribution < -0.4 is 4.57 Å². The first-order chi connectivity index (χ1) is 11.6. The molecule has 0 N–H and O–H groups in total. The van der Waals surface area contributed by atoms with Crippen molar-refractivity contribution in [1.29, 1.82) is 0 Å². The minimum Gasteiger partial charge on any atom is -0.741 e. The number of nitrogens with zero attached hydrogens (tertiary/aromatic N) is 1. The largest absolute Gasteiger partial charge is 0.741 e. The molecule has 0 saturated heterocycles. The third-order valence-corrected chi connectivity index (χ3v) is 4.86. The number of aromatic nitrogens is 1. The molecular formula is C16H14F3NO3S2. The number of fused-ring (bicyclic) bond motifs is 1. The Morgan fingerprint density at radius 2 is 1.92 bits per heavy atom. The van der Waals surface area contributed by atoms with E-state index in [4.69, 9.17) is 13.0 Å². The van der Waals surface area contributed by atoms with Crippen molar-refractivity contribution in [2.45, 2.75) is 18.5 Å². The number of hydrogen-bond donors (Lipinski definition) is 0. The van der Waals surface area contributed by atoms with Crippen LogP contribution in [0.25, 0.3) is 11.1 Å². The molecule has 134 valence electrons. The molecule has 3 rings (SSSR count). The van der Waals surface area contributed by atoms with Gasteiger partial charge in [-0.25, -0.2) is 8.42 Å². The van der Waals surface area contributed by atoms with Crippen LogP contribution in [-0.4, -0.2) is 18.5 Å². The average molecular weight is 389 g/mol. The average Bonchev–Trinajstić information content (AvgIpc) is 3.07. The molecule has 9 heteroatoms. The fourth-order valence-electron chi connectivity index (χ4n) is 2.23. The van der Waals surface area contributed by atoms with E-state index in [1.54, 1.807) is 11.3 Å². The van der Waals surface area contributed by atoms with E-state index in [1.165, 1.54) is 16.1 Å². The van der Waals surface area contributed by atoms with Crippen LogP contribution in [0.1, 0.15) is 17.0 Å². The summed E-state index contributed by atoms with van der Waals surface area (Å²) in [5.41, 5.74) is -1.95. The Morgan fingerprint density at radius 3 is 2.48 bits per heavy atom. The molecule has 2 aromatic heterocycles. The van der Waals surface area contributed by atoms with Crippen LogP contribution >= 0.6 is 11.3 Å². The Labute approximate surface area is 147 Å². The molecule has 0 spiro atoms. The monoisotopic (exact) mass is 389 g/mol. The van der Waals surface area contributed by atoms with Gasteiger partial charge in [-0.05, 0) is 23.1 Å². The Bertz CT molecular complexity index is 886. The maximum absolute atomic E-state index is 10.7. The van der Waals surface area contributed by atoms with Crippen molar-refractivity contribution >= 4 is 32.6 Å². The van der Waals surface area contributed by atoms with E-state index in [2.05, 4.69) is 59.1 Å². The summed E-state index contributed by atoms with van der Waals surface area (Å²) < 4.78 is 61.2. The van der Waals surface area contributed by atoms with Crippen molar-refractivity contribution in [2.24, 2.45) is 0 Å². The Kier molecular flexibility index (Phi) is 5.81. The number of aryl methyl sites for hydroxylation is 1. The summed E-state index contributed by atoms with van der Waals surface area (Å²) in [6.07, 6.45) is 5.53. The lowest BCUT2D eigenvalue weighted by molar-refractivity contribution is -0.699. The second kappa shape index (κ2) is 7.51. The highest BCUT2D eigenvalue weighted by atomic mass is 32.2. The lowest BCUT2D eigenvalue weighted by Gasteiger charge is -2.13. The topological polar surface area (TPSA) is 61.1 Å². The summed E-state index contributed by atoms with van der Waals surface area (Å²) in [6, 6.07) is 10.6. The molecule has 0 fully saturated rings. The van der Waals surface area contributed by atoms with E-state index in [0.717, 1.165) is 18.5 Å². The number of halogens is 3. The third-order valence-electron chi connectivity index (χ3n) is 3.36. The SMILES string of the molecule is C=C(C1=CCC[n+]2ccccc21)c1cccs1.O=S(=O)([O-])C(F)(F)F. The first-order valence-electron chi connectivity index (χ1n) is 7.05. The number of rotatable bonds is 2. The number of allylic oxidation sites excluding steroid dienone is 3. The van der Waals surface area contributed by atoms with Crippen molar-refractivity contribution in [3.8, 4) is 0 Å². The molecule has 0 atom stereocenters. The maximum atomic E-state index is 10.7. The predicted molar refractivity (Wildman–Crippen MR) is 88.3 cm³/mol. The van der Waals surface area contributed by atoms with Gasteiger partial charge >= 0.3 is 5.51 Å². The number of thiophene rings is 1. The normalized spacial score (nSPS) is 14.0. The Balaban J connectivity index is 0.000000242. The van der Waals surface area contributed by atoms with E-state index >= 15 is 0 Å². The van der Waals surface area contributed by atoms with Crippen LogP contribution in [-0.2, 0) is 16.7 Å². The molecular weight excluding hydrogens is 375 g/mol. The maximum Gasteiger partial charge on any atom is 0.485 e. The molecule has 0 bridgehead atoms. The molecule has 1 aliphatic heterocycles. The van der Waals surface area contributed by atoms with Crippen molar-refractivity contribution in [3.05, 3.63) is 65.1 Å². The fraction of sp³-hybridized carbons (Fsp3) is 0.188. The van der Waals surface area contributed by atoms with Gasteiger partial charge in [-0.15, -0.1) is 11.3 Å². The molecule has 2 aromatic rings. The smallest absolute Gasteiger partial charge is 0.485 e. The highest BCUT2D eigenvalue weighted by Gasteiger charge is 2.36. The number of pyridine rings is 1. The highest BCUT2D eigenvalue weighted by molar-refractivity contribution is 7.86. The van der Waals surface area contributed by atoms with Gasteiger partial charge < -0.3 is 4.55 Å². The lowest BCUT2D eigenvalue weighted by Crippen LogP contribution is -2.39. The van der Waals surface area contributed by atoms with Crippen molar-refractivity contribution < 1.29 is 30.7 Å². The summed E-state index contributed by atoms with van der Waals surface area (Å²) >= 11 is 1.75. The summed E-state index contributed by atoms with van der Waals surface area (Å²) in [7, 11) is -6.09. The van der Waals surface area contributed by atoms with Crippen LogP contribution in [0.4, 0.5) is 13.2 Å². The van der Waals surface area contributed by atoms with Gasteiger partial charge in [-0.1, -0.05) is 18.7 Å². The minimum atomic E-state index is -6.09. The van der Waals surface area contributed by atoms with E-state index < -0.39 is 15.6 Å². The molecule has 0 amide bonds. The molecule has 25 heavy (non-hydrogen) atoms. The van der Waals surface area contributed by atoms with Crippen molar-refractivity contribution in [3.63, 3.8) is 0 Å². The first kappa shape index (κ1) is 19.4. The van der Waals surface area contributed by atoms with E-state index in [0.29, 0.717) is 0 Å². The van der Waals surface area contributed by atoms with Gasteiger partial charge in [-0.3, -0.25) is 0 Å². The molecule has 0 aromatic carbocycles. The summed E-state index contributed by atoms with van der Waals surface area (Å²) in [5.74, 6) is 0. The highest BCUT2D eigenvalue weighted by Crippen LogP contribution is 2.32. The van der Waals surface area contributed by atoms with Gasteiger partial charge in [0.15, 0.2) is 22.9 Å². The molecule has 1 aliphatic rings. The van der Waals surface area contributed by atoms with Crippen LogP contribution in [0.5, 0.6) is 0 Å². The van der Waals surface area contributed by atoms with E-state index in [-0.39, 0.29) is 0 Å². The van der Waals surface area contributed by atoms with Crippen molar-refractivity contribution in [1.82, 2.24) is 0 Å².